The van der Waals surface area contributed by atoms with Gasteiger partial charge in [0.05, 0.1) is 17.2 Å². The maximum Gasteiger partial charge on any atom is 0.345 e. The molecule has 194 valence electrons. The number of hydrogen-bond acceptors (Lipinski definition) is 5. The average Bonchev–Trinajstić information content (AvgIpc) is 3.36. The molecule has 3 heterocycles. The molecule has 1 aliphatic heterocycles. The number of benzene rings is 4. The first-order chi connectivity index (χ1) is 19.6. The number of hydrogen-bond donors (Lipinski definition) is 2. The third-order valence-corrected chi connectivity index (χ3v) is 7.74. The van der Waals surface area contributed by atoms with Crippen molar-refractivity contribution in [2.45, 2.75) is 18.5 Å². The Kier molecular flexibility index (Phi) is 5.76. The summed E-state index contributed by atoms with van der Waals surface area (Å²) in [4.78, 5) is 23.6. The van der Waals surface area contributed by atoms with Gasteiger partial charge in [0.1, 0.15) is 5.54 Å². The smallest absolute Gasteiger partial charge is 0.305 e. The second-order valence-corrected chi connectivity index (χ2v) is 10.1. The summed E-state index contributed by atoms with van der Waals surface area (Å²) in [6.07, 6.45) is 3.50. The summed E-state index contributed by atoms with van der Waals surface area (Å²) in [5.74, 6) is 0. The highest BCUT2D eigenvalue weighted by molar-refractivity contribution is 5.86. The molecule has 6 heteroatoms. The zero-order valence-electron chi connectivity index (χ0n) is 22.0. The summed E-state index contributed by atoms with van der Waals surface area (Å²) in [5, 5.41) is 3.16. The van der Waals surface area contributed by atoms with Gasteiger partial charge in [-0.1, -0.05) is 91.0 Å². The van der Waals surface area contributed by atoms with Gasteiger partial charge in [-0.25, -0.2) is 15.2 Å². The number of hydrazine groups is 1. The molecule has 0 saturated heterocycles. The van der Waals surface area contributed by atoms with Crippen molar-refractivity contribution in [3.8, 4) is 0 Å². The molecule has 1 aliphatic rings. The molecule has 0 saturated carbocycles. The fourth-order valence-electron chi connectivity index (χ4n) is 6.01. The molecule has 0 spiro atoms. The molecule has 40 heavy (non-hydrogen) atoms. The van der Waals surface area contributed by atoms with E-state index < -0.39 is 5.54 Å². The van der Waals surface area contributed by atoms with Crippen molar-refractivity contribution in [3.63, 3.8) is 0 Å². The van der Waals surface area contributed by atoms with Crippen LogP contribution in [-0.4, -0.2) is 15.0 Å². The van der Waals surface area contributed by atoms with E-state index in [9.17, 15) is 4.79 Å². The van der Waals surface area contributed by atoms with Crippen molar-refractivity contribution >= 4 is 16.6 Å². The molecular formula is C34H27N5O. The van der Waals surface area contributed by atoms with Gasteiger partial charge in [0.15, 0.2) is 0 Å². The van der Waals surface area contributed by atoms with Crippen LogP contribution >= 0.6 is 0 Å². The Bertz CT molecular complexity index is 1770. The van der Waals surface area contributed by atoms with Crippen LogP contribution in [0.4, 0.5) is 5.69 Å². The monoisotopic (exact) mass is 521 g/mol. The second kappa shape index (κ2) is 9.59. The summed E-state index contributed by atoms with van der Waals surface area (Å²) in [5.41, 5.74) is 11.0. The van der Waals surface area contributed by atoms with E-state index in [1.165, 1.54) is 0 Å². The minimum absolute atomic E-state index is 0.150. The first kappa shape index (κ1) is 24.0. The lowest BCUT2D eigenvalue weighted by Crippen LogP contribution is -2.53. The Morgan fingerprint density at radius 3 is 1.93 bits per heavy atom. The molecule has 1 atom stereocenters. The summed E-state index contributed by atoms with van der Waals surface area (Å²) in [6.45, 7) is 2.01. The molecule has 7 rings (SSSR count). The molecule has 6 aromatic rings. The summed E-state index contributed by atoms with van der Waals surface area (Å²) in [6, 6.07) is 39.9. The zero-order chi connectivity index (χ0) is 27.1. The van der Waals surface area contributed by atoms with Crippen molar-refractivity contribution in [1.29, 1.82) is 0 Å². The van der Waals surface area contributed by atoms with Crippen LogP contribution in [0.25, 0.3) is 10.9 Å². The van der Waals surface area contributed by atoms with Crippen molar-refractivity contribution in [2.75, 3.05) is 5.01 Å². The van der Waals surface area contributed by atoms with E-state index in [2.05, 4.69) is 122 Å². The number of fused-ring (bicyclic) bond motifs is 2. The molecule has 4 aromatic carbocycles. The third-order valence-electron chi connectivity index (χ3n) is 7.74. The van der Waals surface area contributed by atoms with Gasteiger partial charge >= 0.3 is 5.69 Å². The van der Waals surface area contributed by atoms with Gasteiger partial charge in [0.25, 0.3) is 0 Å². The predicted octanol–water partition coefficient (Wildman–Crippen LogP) is 6.03. The molecule has 1 unspecified atom stereocenters. The van der Waals surface area contributed by atoms with Crippen molar-refractivity contribution < 1.29 is 0 Å². The largest absolute Gasteiger partial charge is 0.345 e. The van der Waals surface area contributed by atoms with Gasteiger partial charge in [-0.2, -0.15) is 0 Å². The highest BCUT2D eigenvalue weighted by Crippen LogP contribution is 2.50. The lowest BCUT2D eigenvalue weighted by Gasteiger charge is -2.45. The van der Waals surface area contributed by atoms with Crippen molar-refractivity contribution in [2.24, 2.45) is 0 Å². The van der Waals surface area contributed by atoms with E-state index in [1.54, 1.807) is 6.20 Å². The summed E-state index contributed by atoms with van der Waals surface area (Å²) < 4.78 is 0. The van der Waals surface area contributed by atoms with Crippen LogP contribution in [0, 0.1) is 6.92 Å². The van der Waals surface area contributed by atoms with Crippen LogP contribution in [0.15, 0.2) is 132 Å². The van der Waals surface area contributed by atoms with Gasteiger partial charge in [0, 0.05) is 29.0 Å². The van der Waals surface area contributed by atoms with E-state index in [-0.39, 0.29) is 11.7 Å². The van der Waals surface area contributed by atoms with Crippen LogP contribution in [0.3, 0.4) is 0 Å². The highest BCUT2D eigenvalue weighted by Gasteiger charge is 2.47. The number of nitrogens with one attached hydrogen (secondary N) is 2. The van der Waals surface area contributed by atoms with E-state index in [0.29, 0.717) is 0 Å². The molecule has 2 aromatic heterocycles. The Hall–Kier alpha value is -5.07. The van der Waals surface area contributed by atoms with Crippen molar-refractivity contribution in [3.05, 3.63) is 172 Å². The Morgan fingerprint density at radius 1 is 0.750 bits per heavy atom. The topological polar surface area (TPSA) is 73.9 Å². The van der Waals surface area contributed by atoms with Crippen LogP contribution in [0.2, 0.25) is 0 Å². The number of anilines is 1. The van der Waals surface area contributed by atoms with E-state index >= 15 is 0 Å². The highest BCUT2D eigenvalue weighted by atomic mass is 16.1. The standard InChI is InChI=1S/C34H27N5O/c1-23-19-24(17-18-35-23)32-29-20-25-22-36-33(40)37-30(25)21-31(29)39(38-32)34(26-11-5-2-6-12-26,27-13-7-3-8-14-27)28-15-9-4-10-16-28/h2-22,32,38H,1H3,(H,36,37,40). The summed E-state index contributed by atoms with van der Waals surface area (Å²) in [7, 11) is 0. The number of nitrogens with zero attached hydrogens (tertiary/aromatic N) is 3. The molecular weight excluding hydrogens is 494 g/mol. The van der Waals surface area contributed by atoms with Crippen LogP contribution < -0.4 is 16.1 Å². The van der Waals surface area contributed by atoms with Crippen LogP contribution in [-0.2, 0) is 5.54 Å². The van der Waals surface area contributed by atoms with Gasteiger partial charge in [-0.3, -0.25) is 9.99 Å². The van der Waals surface area contributed by atoms with Crippen LogP contribution in [0.5, 0.6) is 0 Å². The first-order valence-electron chi connectivity index (χ1n) is 13.3. The van der Waals surface area contributed by atoms with E-state index in [4.69, 9.17) is 0 Å². The number of pyridine rings is 1. The number of aromatic amines is 1. The number of aromatic nitrogens is 3. The Balaban J connectivity index is 1.58. The maximum atomic E-state index is 12.2. The van der Waals surface area contributed by atoms with Gasteiger partial charge in [-0.05, 0) is 53.4 Å². The average molecular weight is 522 g/mol. The summed E-state index contributed by atoms with van der Waals surface area (Å²) >= 11 is 0. The van der Waals surface area contributed by atoms with Crippen molar-refractivity contribution in [1.82, 2.24) is 20.4 Å². The predicted molar refractivity (Wildman–Crippen MR) is 158 cm³/mol. The van der Waals surface area contributed by atoms with Gasteiger partial charge in [0.2, 0.25) is 0 Å². The number of rotatable bonds is 5. The molecule has 0 bridgehead atoms. The molecule has 2 N–H and O–H groups in total. The van der Waals surface area contributed by atoms with E-state index in [0.717, 1.165) is 50.1 Å². The molecule has 0 amide bonds. The lowest BCUT2D eigenvalue weighted by molar-refractivity contribution is 0.477. The second-order valence-electron chi connectivity index (χ2n) is 10.1. The minimum Gasteiger partial charge on any atom is -0.305 e. The molecule has 0 radical (unpaired) electrons. The number of aryl methyl sites for hydroxylation is 1. The fraction of sp³-hybridized carbons (Fsp3) is 0.0882. The van der Waals surface area contributed by atoms with Gasteiger partial charge in [-0.15, -0.1) is 0 Å². The van der Waals surface area contributed by atoms with Gasteiger partial charge < -0.3 is 4.98 Å². The molecule has 0 fully saturated rings. The number of H-pyrrole nitrogens is 1. The molecule has 0 aliphatic carbocycles. The Morgan fingerprint density at radius 2 is 1.35 bits per heavy atom. The van der Waals surface area contributed by atoms with E-state index in [1.807, 2.05) is 31.3 Å². The first-order valence-corrected chi connectivity index (χ1v) is 13.3. The SMILES string of the molecule is Cc1cc(C2NN(C(c3ccccc3)(c3ccccc3)c3ccccc3)c3cc4[nH]c(=O)ncc4cc32)ccn1. The zero-order valence-corrected chi connectivity index (χ0v) is 22.0. The van der Waals surface area contributed by atoms with Crippen LogP contribution in [0.1, 0.15) is 39.6 Å². The molecule has 6 nitrogen and oxygen atoms in total. The normalized spacial score (nSPS) is 14.8. The quantitative estimate of drug-likeness (QED) is 0.271. The fourth-order valence-corrected chi connectivity index (χ4v) is 6.01. The minimum atomic E-state index is -0.740. The third kappa shape index (κ3) is 3.81. The Labute approximate surface area is 232 Å². The maximum absolute atomic E-state index is 12.2. The lowest BCUT2D eigenvalue weighted by atomic mass is 9.76.